The van der Waals surface area contributed by atoms with Gasteiger partial charge in [0.1, 0.15) is 12.4 Å². The molecule has 2 aliphatic rings. The first-order chi connectivity index (χ1) is 17.5. The van der Waals surface area contributed by atoms with Crippen LogP contribution in [0, 0.1) is 17.8 Å². The van der Waals surface area contributed by atoms with Crippen LogP contribution in [0.25, 0.3) is 0 Å². The Kier molecular flexibility index (Phi) is 10.9. The van der Waals surface area contributed by atoms with Crippen molar-refractivity contribution >= 4 is 11.4 Å². The first-order valence-electron chi connectivity index (χ1n) is 12.4. The van der Waals surface area contributed by atoms with Crippen LogP contribution in [0.3, 0.4) is 0 Å². The van der Waals surface area contributed by atoms with Crippen LogP contribution in [0.15, 0.2) is 53.3 Å². The Hall–Kier alpha value is -3.25. The topological polar surface area (TPSA) is 88.1 Å². The molecule has 0 spiro atoms. The lowest BCUT2D eigenvalue weighted by molar-refractivity contribution is 0.0383. The number of terminal acetylenes is 1. The van der Waals surface area contributed by atoms with E-state index in [0.717, 1.165) is 49.2 Å². The lowest BCUT2D eigenvalue weighted by Crippen LogP contribution is -2.24. The van der Waals surface area contributed by atoms with Crippen LogP contribution in [0.1, 0.15) is 30.4 Å². The van der Waals surface area contributed by atoms with Crippen molar-refractivity contribution in [3.63, 3.8) is 0 Å². The molecule has 3 rings (SSSR count). The number of methoxy groups -OCH3 is 1. The number of nitrogens with one attached hydrogen (secondary N) is 3. The van der Waals surface area contributed by atoms with E-state index in [-0.39, 0.29) is 0 Å². The summed E-state index contributed by atoms with van der Waals surface area (Å²) in [5.41, 5.74) is 3.83. The number of allylic oxidation sites excluding steroid dienone is 3. The van der Waals surface area contributed by atoms with Crippen molar-refractivity contribution in [1.82, 2.24) is 10.2 Å². The maximum absolute atomic E-state index is 8.72. The maximum Gasteiger partial charge on any atom is 0.163 e. The van der Waals surface area contributed by atoms with E-state index in [1.165, 1.54) is 0 Å². The molecule has 1 aromatic rings. The summed E-state index contributed by atoms with van der Waals surface area (Å²) in [4.78, 5) is 2.31. The van der Waals surface area contributed by atoms with Crippen LogP contribution in [-0.4, -0.2) is 71.4 Å². The first kappa shape index (κ1) is 27.3. The van der Waals surface area contributed by atoms with E-state index in [1.807, 2.05) is 25.3 Å². The van der Waals surface area contributed by atoms with Crippen LogP contribution in [0.5, 0.6) is 0 Å². The van der Waals surface area contributed by atoms with E-state index in [2.05, 4.69) is 34.6 Å². The Bertz CT molecular complexity index is 1040. The van der Waals surface area contributed by atoms with Crippen LogP contribution in [0.4, 0.5) is 5.69 Å². The SMILES string of the molecule is C#Cc1ccc2c(c1)N/C(NC)=C1\C=C(OCCCCCN(C)C2)C(OCCOCCOC)=CC1=N. The molecule has 0 radical (unpaired) electrons. The van der Waals surface area contributed by atoms with Gasteiger partial charge in [0.15, 0.2) is 11.5 Å². The second-order valence-corrected chi connectivity index (χ2v) is 8.71. The molecule has 0 unspecified atom stereocenters. The van der Waals surface area contributed by atoms with Gasteiger partial charge in [-0.15, -0.1) is 6.42 Å². The Morgan fingerprint density at radius 3 is 2.78 bits per heavy atom. The molecule has 1 aromatic carbocycles. The molecule has 0 atom stereocenters. The quantitative estimate of drug-likeness (QED) is 0.376. The summed E-state index contributed by atoms with van der Waals surface area (Å²) >= 11 is 0. The Morgan fingerprint density at radius 1 is 1.17 bits per heavy atom. The van der Waals surface area contributed by atoms with E-state index >= 15 is 0 Å². The number of nitrogens with zero attached hydrogens (tertiary/aromatic N) is 1. The zero-order valence-corrected chi connectivity index (χ0v) is 21.6. The average molecular weight is 495 g/mol. The van der Waals surface area contributed by atoms with Gasteiger partial charge >= 0.3 is 0 Å². The zero-order chi connectivity index (χ0) is 25.8. The van der Waals surface area contributed by atoms with Crippen LogP contribution in [-0.2, 0) is 25.5 Å². The zero-order valence-electron chi connectivity index (χ0n) is 21.6. The van der Waals surface area contributed by atoms with Crippen molar-refractivity contribution in [2.24, 2.45) is 0 Å². The van der Waals surface area contributed by atoms with Crippen molar-refractivity contribution in [2.75, 3.05) is 66.1 Å². The molecule has 0 amide bonds. The van der Waals surface area contributed by atoms with Gasteiger partial charge in [0.2, 0.25) is 0 Å². The number of benzene rings is 1. The summed E-state index contributed by atoms with van der Waals surface area (Å²) in [6, 6.07) is 6.01. The summed E-state index contributed by atoms with van der Waals surface area (Å²) in [5, 5.41) is 15.4. The molecule has 0 aromatic heterocycles. The van der Waals surface area contributed by atoms with Gasteiger partial charge in [-0.1, -0.05) is 12.0 Å². The normalized spacial score (nSPS) is 19.3. The number of anilines is 1. The summed E-state index contributed by atoms with van der Waals surface area (Å²) in [6.45, 7) is 4.19. The summed E-state index contributed by atoms with van der Waals surface area (Å²) in [5.74, 6) is 4.55. The first-order valence-corrected chi connectivity index (χ1v) is 12.4. The number of rotatable bonds is 8. The van der Waals surface area contributed by atoms with Crippen LogP contribution < -0.4 is 10.6 Å². The fourth-order valence-electron chi connectivity index (χ4n) is 3.98. The molecule has 8 nitrogen and oxygen atoms in total. The highest BCUT2D eigenvalue weighted by atomic mass is 16.6. The largest absolute Gasteiger partial charge is 0.490 e. The van der Waals surface area contributed by atoms with Gasteiger partial charge in [-0.3, -0.25) is 5.41 Å². The predicted molar refractivity (Wildman–Crippen MR) is 143 cm³/mol. The minimum atomic E-state index is 0.311. The third-order valence-electron chi connectivity index (χ3n) is 5.94. The Morgan fingerprint density at radius 2 is 2.00 bits per heavy atom. The lowest BCUT2D eigenvalue weighted by Gasteiger charge is -2.23. The molecule has 194 valence electrons. The van der Waals surface area contributed by atoms with Gasteiger partial charge < -0.3 is 34.5 Å². The van der Waals surface area contributed by atoms with Crippen LogP contribution >= 0.6 is 0 Å². The third-order valence-corrected chi connectivity index (χ3v) is 5.94. The maximum atomic E-state index is 8.72. The van der Waals surface area contributed by atoms with Gasteiger partial charge in [-0.25, -0.2) is 0 Å². The molecule has 3 N–H and O–H groups in total. The van der Waals surface area contributed by atoms with Gasteiger partial charge in [0.25, 0.3) is 0 Å². The lowest BCUT2D eigenvalue weighted by atomic mass is 10.0. The number of hydrogen-bond donors (Lipinski definition) is 3. The number of fused-ring (bicyclic) bond motifs is 2. The molecule has 2 bridgehead atoms. The fourth-order valence-corrected chi connectivity index (χ4v) is 3.98. The second kappa shape index (κ2) is 14.3. The summed E-state index contributed by atoms with van der Waals surface area (Å²) < 4.78 is 22.6. The number of ether oxygens (including phenoxy) is 4. The monoisotopic (exact) mass is 494 g/mol. The standard InChI is InChI=1S/C28H38N4O4/c1-5-21-9-10-22-20-32(3)11-7-6-8-12-35-26-18-23(28(30-2)31-25(22)17-21)24(29)19-27(26)36-16-15-34-14-13-33-4/h1,9-10,17-19,29-31H,6-8,11-16,20H2,2-4H3/b28-23+,29-24?. The minimum Gasteiger partial charge on any atom is -0.490 e. The Labute approximate surface area is 214 Å². The van der Waals surface area contributed by atoms with Gasteiger partial charge in [-0.2, -0.15) is 0 Å². The fraction of sp³-hybridized carbons (Fsp3) is 0.464. The third kappa shape index (κ3) is 7.89. The molecule has 0 fully saturated rings. The van der Waals surface area contributed by atoms with E-state index in [4.69, 9.17) is 30.8 Å². The van der Waals surface area contributed by atoms with Crippen LogP contribution in [0.2, 0.25) is 0 Å². The molecule has 0 saturated carbocycles. The van der Waals surface area contributed by atoms with Crippen molar-refractivity contribution in [3.05, 3.63) is 64.4 Å². The minimum absolute atomic E-state index is 0.311. The smallest absolute Gasteiger partial charge is 0.163 e. The highest BCUT2D eigenvalue weighted by molar-refractivity contribution is 6.10. The van der Waals surface area contributed by atoms with Crippen molar-refractivity contribution < 1.29 is 18.9 Å². The molecule has 36 heavy (non-hydrogen) atoms. The molecule has 1 aliphatic heterocycles. The van der Waals surface area contributed by atoms with E-state index in [9.17, 15) is 0 Å². The van der Waals surface area contributed by atoms with Crippen molar-refractivity contribution in [2.45, 2.75) is 25.8 Å². The number of hydrogen-bond acceptors (Lipinski definition) is 8. The summed E-state index contributed by atoms with van der Waals surface area (Å²) in [7, 11) is 5.60. The van der Waals surface area contributed by atoms with E-state index in [0.29, 0.717) is 61.7 Å². The highest BCUT2D eigenvalue weighted by Gasteiger charge is 2.22. The Balaban J connectivity index is 1.90. The van der Waals surface area contributed by atoms with Crippen molar-refractivity contribution in [1.29, 1.82) is 5.41 Å². The molecule has 1 heterocycles. The molecule has 1 aliphatic carbocycles. The second-order valence-electron chi connectivity index (χ2n) is 8.71. The predicted octanol–water partition coefficient (Wildman–Crippen LogP) is 3.62. The highest BCUT2D eigenvalue weighted by Crippen LogP contribution is 2.27. The van der Waals surface area contributed by atoms with Gasteiger partial charge in [0.05, 0.1) is 32.1 Å². The summed E-state index contributed by atoms with van der Waals surface area (Å²) in [6.07, 6.45) is 12.3. The molecular formula is C28H38N4O4. The van der Waals surface area contributed by atoms with Crippen molar-refractivity contribution in [3.8, 4) is 12.3 Å². The molecule has 8 heteroatoms. The molecular weight excluding hydrogens is 456 g/mol. The van der Waals surface area contributed by atoms with E-state index < -0.39 is 0 Å². The average Bonchev–Trinajstić information content (AvgIpc) is 2.88. The van der Waals surface area contributed by atoms with E-state index in [1.54, 1.807) is 13.2 Å². The molecule has 0 saturated heterocycles. The van der Waals surface area contributed by atoms with Gasteiger partial charge in [0, 0.05) is 43.6 Å². The van der Waals surface area contributed by atoms with Gasteiger partial charge in [-0.05, 0) is 56.6 Å².